The van der Waals surface area contributed by atoms with E-state index in [1.807, 2.05) is 36.7 Å². The van der Waals surface area contributed by atoms with E-state index in [4.69, 9.17) is 4.98 Å². The molecule has 0 radical (unpaired) electrons. The molecule has 35 heavy (non-hydrogen) atoms. The van der Waals surface area contributed by atoms with Crippen LogP contribution in [0.15, 0.2) is 47.5 Å². The highest BCUT2D eigenvalue weighted by molar-refractivity contribution is 5.77. The molecule has 1 aromatic carbocycles. The molecule has 176 valence electrons. The molecule has 2 aliphatic rings. The maximum atomic E-state index is 13.3. The molecule has 9 nitrogen and oxygen atoms in total. The van der Waals surface area contributed by atoms with Crippen molar-refractivity contribution in [2.75, 3.05) is 11.9 Å². The maximum Gasteiger partial charge on any atom is 0.278 e. The molecule has 0 bridgehead atoms. The summed E-state index contributed by atoms with van der Waals surface area (Å²) in [6.45, 7) is 5.51. The fraction of sp³-hybridized carbons (Fsp3) is 0.346. The number of hydrogen-bond donors (Lipinski definition) is 2. The highest BCUT2D eigenvalue weighted by atomic mass is 16.1. The largest absolute Gasteiger partial charge is 0.324 e. The lowest BCUT2D eigenvalue weighted by atomic mass is 9.91. The Hall–Kier alpha value is -4.03. The van der Waals surface area contributed by atoms with E-state index >= 15 is 0 Å². The molecule has 2 N–H and O–H groups in total. The molecule has 4 heterocycles. The second-order valence-corrected chi connectivity index (χ2v) is 9.79. The third-order valence-electron chi connectivity index (χ3n) is 6.77. The highest BCUT2D eigenvalue weighted by Crippen LogP contribution is 2.36. The van der Waals surface area contributed by atoms with E-state index in [1.165, 1.54) is 11.1 Å². The number of pyridine rings is 1. The first-order valence-corrected chi connectivity index (χ1v) is 11.9. The van der Waals surface area contributed by atoms with Gasteiger partial charge in [-0.15, -0.1) is 0 Å². The quantitative estimate of drug-likeness (QED) is 0.463. The number of nitrogens with zero attached hydrogens (tertiary/aromatic N) is 6. The van der Waals surface area contributed by atoms with Gasteiger partial charge in [0.1, 0.15) is 5.39 Å². The number of benzene rings is 1. The minimum absolute atomic E-state index is 0.105. The summed E-state index contributed by atoms with van der Waals surface area (Å²) in [6, 6.07) is 12.5. The summed E-state index contributed by atoms with van der Waals surface area (Å²) in [4.78, 5) is 27.0. The van der Waals surface area contributed by atoms with Gasteiger partial charge in [0.05, 0.1) is 28.9 Å². The number of hydrogen-bond acceptors (Lipinski definition) is 7. The van der Waals surface area contributed by atoms with Crippen molar-refractivity contribution in [1.29, 1.82) is 5.26 Å². The Bertz CT molecular complexity index is 1550. The molecule has 1 aliphatic carbocycles. The van der Waals surface area contributed by atoms with Crippen LogP contribution < -0.4 is 16.2 Å². The van der Waals surface area contributed by atoms with Gasteiger partial charge in [0.2, 0.25) is 5.95 Å². The van der Waals surface area contributed by atoms with Crippen LogP contribution in [0.3, 0.4) is 0 Å². The SMILES string of the molecule is CC(C)(C#N)c1cc(-n2c3nc(Nc4ccc5c(c4)CNCC5)ncc3c(=O)n2C2CC2)ccn1. The first-order valence-electron chi connectivity index (χ1n) is 11.9. The van der Waals surface area contributed by atoms with Gasteiger partial charge < -0.3 is 10.6 Å². The Morgan fingerprint density at radius 3 is 2.83 bits per heavy atom. The molecule has 1 saturated carbocycles. The normalized spacial score (nSPS) is 15.6. The van der Waals surface area contributed by atoms with Gasteiger partial charge >= 0.3 is 0 Å². The van der Waals surface area contributed by atoms with Crippen LogP contribution >= 0.6 is 0 Å². The van der Waals surface area contributed by atoms with Crippen molar-refractivity contribution in [3.63, 3.8) is 0 Å². The Labute approximate surface area is 202 Å². The molecule has 1 fully saturated rings. The zero-order valence-electron chi connectivity index (χ0n) is 19.7. The van der Waals surface area contributed by atoms with Crippen molar-refractivity contribution in [3.05, 3.63) is 69.9 Å². The highest BCUT2D eigenvalue weighted by Gasteiger charge is 2.31. The first-order chi connectivity index (χ1) is 16.9. The molecule has 0 amide bonds. The van der Waals surface area contributed by atoms with Crippen molar-refractivity contribution < 1.29 is 0 Å². The third-order valence-corrected chi connectivity index (χ3v) is 6.77. The zero-order chi connectivity index (χ0) is 24.2. The summed E-state index contributed by atoms with van der Waals surface area (Å²) in [5.74, 6) is 0.426. The number of anilines is 2. The number of nitrogens with one attached hydrogen (secondary N) is 2. The zero-order valence-corrected chi connectivity index (χ0v) is 19.7. The molecule has 6 rings (SSSR count). The monoisotopic (exact) mass is 466 g/mol. The molecule has 0 saturated heterocycles. The lowest BCUT2D eigenvalue weighted by Crippen LogP contribution is -2.23. The van der Waals surface area contributed by atoms with Crippen LogP contribution in [-0.4, -0.2) is 30.9 Å². The van der Waals surface area contributed by atoms with E-state index in [2.05, 4.69) is 38.8 Å². The predicted octanol–water partition coefficient (Wildman–Crippen LogP) is 3.50. The third kappa shape index (κ3) is 3.76. The fourth-order valence-electron chi connectivity index (χ4n) is 4.59. The lowest BCUT2D eigenvalue weighted by molar-refractivity contribution is 0.558. The van der Waals surface area contributed by atoms with Gasteiger partial charge in [0, 0.05) is 24.6 Å². The average molecular weight is 467 g/mol. The molecule has 1 aliphatic heterocycles. The maximum absolute atomic E-state index is 13.3. The smallest absolute Gasteiger partial charge is 0.278 e. The topological polar surface area (TPSA) is 113 Å². The molecule has 9 heteroatoms. The van der Waals surface area contributed by atoms with Gasteiger partial charge in [0.25, 0.3) is 5.56 Å². The van der Waals surface area contributed by atoms with Crippen molar-refractivity contribution in [2.45, 2.75) is 51.1 Å². The minimum Gasteiger partial charge on any atom is -0.324 e. The van der Waals surface area contributed by atoms with E-state index in [9.17, 15) is 10.1 Å². The molecular weight excluding hydrogens is 440 g/mol. The molecule has 3 aromatic heterocycles. The standard InChI is InChI=1S/C26H26N8O/c1-26(2,15-27)22-12-20(8-10-29-22)33-23-21(24(35)34(33)19-5-6-19)14-30-25(32-23)31-18-4-3-16-7-9-28-13-17(16)11-18/h3-4,8,10-12,14,19,28H,5-7,9,13H2,1-2H3,(H,30,31,32). The molecule has 0 spiro atoms. The van der Waals surface area contributed by atoms with E-state index in [-0.39, 0.29) is 11.6 Å². The van der Waals surface area contributed by atoms with Crippen LogP contribution in [0.4, 0.5) is 11.6 Å². The number of rotatable bonds is 5. The van der Waals surface area contributed by atoms with Gasteiger partial charge in [-0.1, -0.05) is 6.07 Å². The van der Waals surface area contributed by atoms with Crippen molar-refractivity contribution in [3.8, 4) is 11.8 Å². The van der Waals surface area contributed by atoms with Crippen LogP contribution in [0.5, 0.6) is 0 Å². The van der Waals surface area contributed by atoms with Gasteiger partial charge in [-0.2, -0.15) is 10.2 Å². The summed E-state index contributed by atoms with van der Waals surface area (Å²) in [7, 11) is 0. The number of aromatic nitrogens is 5. The second-order valence-electron chi connectivity index (χ2n) is 9.79. The first kappa shape index (κ1) is 21.5. The van der Waals surface area contributed by atoms with Gasteiger partial charge in [-0.3, -0.25) is 9.78 Å². The van der Waals surface area contributed by atoms with Crippen LogP contribution in [0, 0.1) is 11.3 Å². The minimum atomic E-state index is -0.757. The van der Waals surface area contributed by atoms with Gasteiger partial charge in [-0.25, -0.2) is 14.3 Å². The second kappa shape index (κ2) is 8.03. The van der Waals surface area contributed by atoms with Gasteiger partial charge in [0.15, 0.2) is 5.65 Å². The summed E-state index contributed by atoms with van der Waals surface area (Å²) < 4.78 is 3.63. The Morgan fingerprint density at radius 2 is 2.03 bits per heavy atom. The van der Waals surface area contributed by atoms with E-state index in [0.29, 0.717) is 22.7 Å². The van der Waals surface area contributed by atoms with E-state index in [0.717, 1.165) is 43.7 Å². The van der Waals surface area contributed by atoms with Crippen molar-refractivity contribution in [2.24, 2.45) is 0 Å². The molecule has 0 atom stereocenters. The fourth-order valence-corrected chi connectivity index (χ4v) is 4.59. The average Bonchev–Trinajstić information content (AvgIpc) is 3.68. The number of nitriles is 1. The molecule has 4 aromatic rings. The van der Waals surface area contributed by atoms with Crippen LogP contribution in [-0.2, 0) is 18.4 Å². The lowest BCUT2D eigenvalue weighted by Gasteiger charge is -2.18. The Kier molecular flexibility index (Phi) is 4.93. The Balaban J connectivity index is 1.47. The number of fused-ring (bicyclic) bond motifs is 2. The van der Waals surface area contributed by atoms with E-state index < -0.39 is 5.41 Å². The van der Waals surface area contributed by atoms with Crippen LogP contribution in [0.2, 0.25) is 0 Å². The molecule has 0 unspecified atom stereocenters. The summed E-state index contributed by atoms with van der Waals surface area (Å²) in [6.07, 6.45) is 6.19. The van der Waals surface area contributed by atoms with Crippen LogP contribution in [0.25, 0.3) is 16.7 Å². The van der Waals surface area contributed by atoms with E-state index in [1.54, 1.807) is 17.1 Å². The van der Waals surface area contributed by atoms with Crippen LogP contribution in [0.1, 0.15) is 49.6 Å². The summed E-state index contributed by atoms with van der Waals surface area (Å²) in [5, 5.41) is 16.8. The summed E-state index contributed by atoms with van der Waals surface area (Å²) in [5.41, 5.74) is 4.60. The Morgan fingerprint density at radius 1 is 1.17 bits per heavy atom. The van der Waals surface area contributed by atoms with Gasteiger partial charge in [-0.05, 0) is 75.0 Å². The van der Waals surface area contributed by atoms with Crippen molar-refractivity contribution in [1.82, 2.24) is 29.6 Å². The van der Waals surface area contributed by atoms with Crippen molar-refractivity contribution >= 4 is 22.7 Å². The summed E-state index contributed by atoms with van der Waals surface area (Å²) >= 11 is 0. The molecular formula is C26H26N8O. The predicted molar refractivity (Wildman–Crippen MR) is 133 cm³/mol.